The van der Waals surface area contributed by atoms with Crippen molar-refractivity contribution >= 4 is 11.9 Å². The van der Waals surface area contributed by atoms with Crippen molar-refractivity contribution in [2.24, 2.45) is 11.3 Å². The van der Waals surface area contributed by atoms with Crippen molar-refractivity contribution in [3.8, 4) is 0 Å². The Bertz CT molecular complexity index is 284. The highest BCUT2D eigenvalue weighted by atomic mass is 16.2. The van der Waals surface area contributed by atoms with E-state index in [1.54, 1.807) is 7.05 Å². The van der Waals surface area contributed by atoms with Gasteiger partial charge >= 0.3 is 6.03 Å². The predicted molar refractivity (Wildman–Crippen MR) is 71.4 cm³/mol. The summed E-state index contributed by atoms with van der Waals surface area (Å²) >= 11 is 0. The molecule has 18 heavy (non-hydrogen) atoms. The maximum Gasteiger partial charge on any atom is 0.330 e. The third kappa shape index (κ3) is 9.89. The van der Waals surface area contributed by atoms with Crippen molar-refractivity contribution in [3.63, 3.8) is 0 Å². The highest BCUT2D eigenvalue weighted by Crippen LogP contribution is 2.17. The summed E-state index contributed by atoms with van der Waals surface area (Å²) in [6.45, 7) is 10.6. The summed E-state index contributed by atoms with van der Waals surface area (Å²) in [6.07, 6.45) is 0.395. The third-order valence-corrected chi connectivity index (χ3v) is 1.92. The van der Waals surface area contributed by atoms with Gasteiger partial charge in [0.25, 0.3) is 0 Å². The number of rotatable bonds is 5. The summed E-state index contributed by atoms with van der Waals surface area (Å²) in [5, 5.41) is 3.96. The van der Waals surface area contributed by atoms with E-state index in [1.807, 2.05) is 34.6 Å². The van der Waals surface area contributed by atoms with Gasteiger partial charge in [-0.05, 0) is 11.3 Å². The van der Waals surface area contributed by atoms with Crippen molar-refractivity contribution in [1.82, 2.24) is 21.3 Å². The molecule has 0 heterocycles. The molecule has 0 bridgehead atoms. The molecule has 0 radical (unpaired) electrons. The second-order valence-electron chi connectivity index (χ2n) is 6.05. The smallest absolute Gasteiger partial charge is 0.330 e. The van der Waals surface area contributed by atoms with Crippen LogP contribution in [0.15, 0.2) is 0 Å². The van der Waals surface area contributed by atoms with Gasteiger partial charge in [0.15, 0.2) is 0 Å². The van der Waals surface area contributed by atoms with Gasteiger partial charge in [-0.3, -0.25) is 15.6 Å². The standard InChI is InChI=1S/C12H26N4O2/c1-9(2)8-13-11(18)15-16(6)14-10(17)7-12(3,4)5/h9H,7-8H2,1-6H3,(H,14,17)(H2,13,15,18). The van der Waals surface area contributed by atoms with Crippen molar-refractivity contribution < 1.29 is 9.59 Å². The number of hydrazine groups is 2. The Kier molecular flexibility index (Phi) is 6.68. The fraction of sp³-hybridized carbons (Fsp3) is 0.833. The van der Waals surface area contributed by atoms with Crippen LogP contribution in [0.1, 0.15) is 41.0 Å². The van der Waals surface area contributed by atoms with Crippen molar-refractivity contribution in [1.29, 1.82) is 0 Å². The number of hydrogen-bond acceptors (Lipinski definition) is 3. The first-order valence-corrected chi connectivity index (χ1v) is 6.18. The molecule has 0 unspecified atom stereocenters. The van der Waals surface area contributed by atoms with E-state index in [1.165, 1.54) is 5.12 Å². The molecule has 0 aliphatic carbocycles. The molecular weight excluding hydrogens is 232 g/mol. The number of urea groups is 1. The van der Waals surface area contributed by atoms with Crippen LogP contribution in [0.5, 0.6) is 0 Å². The first kappa shape index (κ1) is 16.7. The Morgan fingerprint density at radius 1 is 1.17 bits per heavy atom. The molecule has 0 aromatic heterocycles. The van der Waals surface area contributed by atoms with Gasteiger partial charge in [-0.1, -0.05) is 34.6 Å². The second-order valence-corrected chi connectivity index (χ2v) is 6.05. The number of nitrogens with zero attached hydrogens (tertiary/aromatic N) is 1. The zero-order valence-corrected chi connectivity index (χ0v) is 12.3. The van der Waals surface area contributed by atoms with Gasteiger partial charge in [0.2, 0.25) is 5.91 Å². The van der Waals surface area contributed by atoms with Crippen LogP contribution in [0.2, 0.25) is 0 Å². The SMILES string of the molecule is CC(C)CNC(=O)NN(C)NC(=O)CC(C)(C)C. The summed E-state index contributed by atoms with van der Waals surface area (Å²) in [7, 11) is 1.58. The van der Waals surface area contributed by atoms with Crippen LogP contribution in [-0.2, 0) is 4.79 Å². The van der Waals surface area contributed by atoms with Crippen LogP contribution < -0.4 is 16.2 Å². The molecule has 6 heteroatoms. The molecule has 0 aliphatic heterocycles. The average Bonchev–Trinajstić information content (AvgIpc) is 2.10. The third-order valence-electron chi connectivity index (χ3n) is 1.92. The van der Waals surface area contributed by atoms with E-state index in [0.29, 0.717) is 18.9 Å². The molecule has 6 nitrogen and oxygen atoms in total. The number of amides is 3. The lowest BCUT2D eigenvalue weighted by Gasteiger charge is -2.22. The van der Waals surface area contributed by atoms with Crippen LogP contribution in [-0.4, -0.2) is 30.6 Å². The molecule has 3 N–H and O–H groups in total. The molecule has 0 atom stereocenters. The van der Waals surface area contributed by atoms with E-state index < -0.39 is 0 Å². The van der Waals surface area contributed by atoms with Gasteiger partial charge < -0.3 is 5.32 Å². The van der Waals surface area contributed by atoms with Gasteiger partial charge in [0.05, 0.1) is 0 Å². The van der Waals surface area contributed by atoms with Crippen LogP contribution >= 0.6 is 0 Å². The fourth-order valence-electron chi connectivity index (χ4n) is 1.22. The molecule has 0 aromatic carbocycles. The van der Waals surface area contributed by atoms with E-state index in [0.717, 1.165) is 0 Å². The van der Waals surface area contributed by atoms with Crippen LogP contribution in [0.3, 0.4) is 0 Å². The molecule has 0 rings (SSSR count). The maximum atomic E-state index is 11.6. The minimum Gasteiger partial charge on any atom is -0.337 e. The number of carbonyl (C=O) groups is 2. The molecule has 106 valence electrons. The Balaban J connectivity index is 3.93. The lowest BCUT2D eigenvalue weighted by molar-refractivity contribution is -0.127. The van der Waals surface area contributed by atoms with Crippen molar-refractivity contribution in [2.75, 3.05) is 13.6 Å². The van der Waals surface area contributed by atoms with Gasteiger partial charge in [0, 0.05) is 20.0 Å². The first-order valence-electron chi connectivity index (χ1n) is 6.18. The zero-order valence-electron chi connectivity index (χ0n) is 12.3. The van der Waals surface area contributed by atoms with Crippen LogP contribution in [0.4, 0.5) is 4.79 Å². The summed E-state index contributed by atoms with van der Waals surface area (Å²) in [5.74, 6) is 0.255. The summed E-state index contributed by atoms with van der Waals surface area (Å²) in [6, 6.07) is -0.331. The lowest BCUT2D eigenvalue weighted by atomic mass is 9.92. The number of carbonyl (C=O) groups excluding carboxylic acids is 2. The largest absolute Gasteiger partial charge is 0.337 e. The Morgan fingerprint density at radius 2 is 1.72 bits per heavy atom. The van der Waals surface area contributed by atoms with Gasteiger partial charge in [-0.15, -0.1) is 5.12 Å². The number of nitrogens with one attached hydrogen (secondary N) is 3. The zero-order chi connectivity index (χ0) is 14.3. The summed E-state index contributed by atoms with van der Waals surface area (Å²) in [4.78, 5) is 23.0. The average molecular weight is 258 g/mol. The van der Waals surface area contributed by atoms with Gasteiger partial charge in [-0.25, -0.2) is 4.79 Å². The second kappa shape index (κ2) is 7.20. The quantitative estimate of drug-likeness (QED) is 0.650. The monoisotopic (exact) mass is 258 g/mol. The van der Waals surface area contributed by atoms with E-state index in [-0.39, 0.29) is 17.4 Å². The highest BCUT2D eigenvalue weighted by Gasteiger charge is 2.17. The Hall–Kier alpha value is -1.30. The van der Waals surface area contributed by atoms with Crippen molar-refractivity contribution in [2.45, 2.75) is 41.0 Å². The topological polar surface area (TPSA) is 73.5 Å². The van der Waals surface area contributed by atoms with E-state index in [9.17, 15) is 9.59 Å². The molecule has 3 amide bonds. The molecule has 0 saturated heterocycles. The molecule has 0 fully saturated rings. The molecule has 0 spiro atoms. The Labute approximate surface area is 109 Å². The minimum absolute atomic E-state index is 0.0785. The van der Waals surface area contributed by atoms with E-state index >= 15 is 0 Å². The minimum atomic E-state index is -0.331. The molecule has 0 saturated carbocycles. The summed E-state index contributed by atoms with van der Waals surface area (Å²) in [5.41, 5.74) is 5.00. The fourth-order valence-corrected chi connectivity index (χ4v) is 1.22. The summed E-state index contributed by atoms with van der Waals surface area (Å²) < 4.78 is 0. The number of hydrogen-bond donors (Lipinski definition) is 3. The van der Waals surface area contributed by atoms with Gasteiger partial charge in [0.1, 0.15) is 0 Å². The first-order chi connectivity index (χ1) is 8.10. The predicted octanol–water partition coefficient (Wildman–Crippen LogP) is 1.26. The van der Waals surface area contributed by atoms with Crippen LogP contribution in [0, 0.1) is 11.3 Å². The van der Waals surface area contributed by atoms with Crippen LogP contribution in [0.25, 0.3) is 0 Å². The van der Waals surface area contributed by atoms with E-state index in [4.69, 9.17) is 0 Å². The van der Waals surface area contributed by atoms with Gasteiger partial charge in [-0.2, -0.15) is 0 Å². The molecule has 0 aliphatic rings. The molecule has 0 aromatic rings. The van der Waals surface area contributed by atoms with E-state index in [2.05, 4.69) is 16.2 Å². The normalized spacial score (nSPS) is 11.6. The van der Waals surface area contributed by atoms with Crippen molar-refractivity contribution in [3.05, 3.63) is 0 Å². The highest BCUT2D eigenvalue weighted by molar-refractivity contribution is 5.77. The maximum absolute atomic E-state index is 11.6. The lowest BCUT2D eigenvalue weighted by Crippen LogP contribution is -2.54. The Morgan fingerprint density at radius 3 is 2.17 bits per heavy atom. The molecular formula is C12H26N4O2.